The van der Waals surface area contributed by atoms with Crippen LogP contribution >= 0.6 is 27.5 Å². The number of benzene rings is 2. The van der Waals surface area contributed by atoms with Crippen molar-refractivity contribution in [3.63, 3.8) is 0 Å². The molecule has 0 aromatic heterocycles. The zero-order valence-corrected chi connectivity index (χ0v) is 19.0. The number of nitrogens with one attached hydrogen (secondary N) is 1. The summed E-state index contributed by atoms with van der Waals surface area (Å²) in [4.78, 5) is 27.5. The summed E-state index contributed by atoms with van der Waals surface area (Å²) >= 11 is 9.64. The Labute approximate surface area is 180 Å². The highest BCUT2D eigenvalue weighted by molar-refractivity contribution is 9.10. The van der Waals surface area contributed by atoms with E-state index >= 15 is 0 Å². The maximum absolute atomic E-state index is 13.1. The summed E-state index contributed by atoms with van der Waals surface area (Å²) in [5.41, 5.74) is 1.32. The molecule has 1 atom stereocenters. The first-order valence-electron chi connectivity index (χ1n) is 9.16. The molecule has 6 heteroatoms. The van der Waals surface area contributed by atoms with E-state index in [1.54, 1.807) is 17.9 Å². The molecule has 0 bridgehead atoms. The molecule has 0 saturated heterocycles. The summed E-state index contributed by atoms with van der Waals surface area (Å²) in [5.74, 6) is -0.329. The van der Waals surface area contributed by atoms with Crippen molar-refractivity contribution >= 4 is 39.3 Å². The molecule has 0 saturated carbocycles. The van der Waals surface area contributed by atoms with Gasteiger partial charge in [-0.25, -0.2) is 0 Å². The van der Waals surface area contributed by atoms with Gasteiger partial charge in [-0.05, 0) is 57.0 Å². The Kier molecular flexibility index (Phi) is 7.67. The summed E-state index contributed by atoms with van der Waals surface area (Å²) in [5, 5.41) is 3.51. The molecule has 0 spiro atoms. The van der Waals surface area contributed by atoms with Crippen molar-refractivity contribution in [2.45, 2.75) is 52.2 Å². The third-order valence-corrected chi connectivity index (χ3v) is 5.13. The number of amides is 2. The van der Waals surface area contributed by atoms with Crippen molar-refractivity contribution in [2.24, 2.45) is 0 Å². The van der Waals surface area contributed by atoms with Crippen molar-refractivity contribution < 1.29 is 9.59 Å². The van der Waals surface area contributed by atoms with Gasteiger partial charge in [0.1, 0.15) is 6.04 Å². The second-order valence-corrected chi connectivity index (χ2v) is 9.15. The second kappa shape index (κ2) is 9.57. The number of carbonyl (C=O) groups excluding carboxylic acids is 2. The molecule has 28 heavy (non-hydrogen) atoms. The molecule has 150 valence electrons. The summed E-state index contributed by atoms with van der Waals surface area (Å²) < 4.78 is 0.962. The first kappa shape index (κ1) is 22.4. The first-order valence-corrected chi connectivity index (χ1v) is 10.3. The molecule has 2 rings (SSSR count). The van der Waals surface area contributed by atoms with Gasteiger partial charge >= 0.3 is 0 Å². The van der Waals surface area contributed by atoms with E-state index in [1.165, 1.54) is 0 Å². The van der Waals surface area contributed by atoms with E-state index in [0.717, 1.165) is 15.6 Å². The summed E-state index contributed by atoms with van der Waals surface area (Å²) in [6.45, 7) is 7.85. The predicted octanol–water partition coefficient (Wildman–Crippen LogP) is 4.98. The number of halogens is 2. The van der Waals surface area contributed by atoms with Gasteiger partial charge in [0.25, 0.3) is 0 Å². The van der Waals surface area contributed by atoms with Crippen LogP contribution in [-0.4, -0.2) is 28.3 Å². The molecule has 0 radical (unpaired) electrons. The fourth-order valence-corrected chi connectivity index (χ4v) is 3.22. The summed E-state index contributed by atoms with van der Waals surface area (Å²) in [6.07, 6.45) is 0.142. The number of hydrogen-bond donors (Lipinski definition) is 1. The summed E-state index contributed by atoms with van der Waals surface area (Å²) in [6, 6.07) is 14.4. The van der Waals surface area contributed by atoms with Crippen LogP contribution in [0.5, 0.6) is 0 Å². The van der Waals surface area contributed by atoms with Crippen molar-refractivity contribution in [1.29, 1.82) is 0 Å². The fourth-order valence-electron chi connectivity index (χ4n) is 2.75. The minimum absolute atomic E-state index is 0.142. The lowest BCUT2D eigenvalue weighted by molar-refractivity contribution is -0.140. The highest BCUT2D eigenvalue weighted by atomic mass is 79.9. The lowest BCUT2D eigenvalue weighted by atomic mass is 10.1. The normalized spacial score (nSPS) is 12.4. The van der Waals surface area contributed by atoms with Crippen molar-refractivity contribution in [2.75, 3.05) is 0 Å². The van der Waals surface area contributed by atoms with Gasteiger partial charge in [-0.15, -0.1) is 0 Å². The molecule has 4 nitrogen and oxygen atoms in total. The first-order chi connectivity index (χ1) is 13.1. The number of rotatable bonds is 6. The number of carbonyl (C=O) groups is 2. The molecular formula is C22H26BrClN2O2. The molecule has 2 aromatic rings. The van der Waals surface area contributed by atoms with Gasteiger partial charge in [-0.2, -0.15) is 0 Å². The minimum Gasteiger partial charge on any atom is -0.350 e. The van der Waals surface area contributed by atoms with Crippen molar-refractivity contribution in [3.05, 3.63) is 69.2 Å². The van der Waals surface area contributed by atoms with Gasteiger partial charge in [0.2, 0.25) is 11.8 Å². The van der Waals surface area contributed by atoms with E-state index < -0.39 is 6.04 Å². The van der Waals surface area contributed by atoms with E-state index in [2.05, 4.69) is 21.2 Å². The molecule has 0 aliphatic rings. The summed E-state index contributed by atoms with van der Waals surface area (Å²) in [7, 11) is 0. The Bertz CT molecular complexity index is 831. The number of nitrogens with zero attached hydrogens (tertiary/aromatic N) is 1. The highest BCUT2D eigenvalue weighted by Gasteiger charge is 2.28. The Balaban J connectivity index is 2.26. The molecule has 0 aliphatic heterocycles. The molecule has 0 unspecified atom stereocenters. The van der Waals surface area contributed by atoms with Crippen LogP contribution in [0.1, 0.15) is 38.8 Å². The van der Waals surface area contributed by atoms with Crippen LogP contribution in [0, 0.1) is 0 Å². The lowest BCUT2D eigenvalue weighted by Gasteiger charge is -2.31. The van der Waals surface area contributed by atoms with E-state index in [-0.39, 0.29) is 23.8 Å². The van der Waals surface area contributed by atoms with Crippen LogP contribution in [0.3, 0.4) is 0 Å². The van der Waals surface area contributed by atoms with Crippen LogP contribution in [0.2, 0.25) is 5.02 Å². The third kappa shape index (κ3) is 6.64. The van der Waals surface area contributed by atoms with Crippen LogP contribution in [-0.2, 0) is 22.6 Å². The zero-order chi connectivity index (χ0) is 20.9. The quantitative estimate of drug-likeness (QED) is 0.654. The van der Waals surface area contributed by atoms with Crippen LogP contribution in [0.25, 0.3) is 0 Å². The topological polar surface area (TPSA) is 49.4 Å². The van der Waals surface area contributed by atoms with Crippen LogP contribution < -0.4 is 5.32 Å². The monoisotopic (exact) mass is 464 g/mol. The second-order valence-electron chi connectivity index (χ2n) is 7.83. The van der Waals surface area contributed by atoms with Gasteiger partial charge in [0, 0.05) is 21.6 Å². The van der Waals surface area contributed by atoms with Gasteiger partial charge in [0.15, 0.2) is 0 Å². The standard InChI is InChI=1S/C22H26BrClN2O2/c1-15(21(28)25-22(2,3)4)26(14-16-9-11-18(23)12-10-16)20(27)13-17-7-5-6-8-19(17)24/h5-12,15H,13-14H2,1-4H3,(H,25,28)/t15-/m0/s1. The van der Waals surface area contributed by atoms with E-state index in [1.807, 2.05) is 63.2 Å². The van der Waals surface area contributed by atoms with Crippen molar-refractivity contribution in [1.82, 2.24) is 10.2 Å². The van der Waals surface area contributed by atoms with E-state index in [0.29, 0.717) is 11.6 Å². The molecule has 2 aromatic carbocycles. The fraction of sp³-hybridized carbons (Fsp3) is 0.364. The van der Waals surface area contributed by atoms with E-state index in [9.17, 15) is 9.59 Å². The molecule has 0 heterocycles. The van der Waals surface area contributed by atoms with Gasteiger partial charge < -0.3 is 10.2 Å². The largest absolute Gasteiger partial charge is 0.350 e. The highest BCUT2D eigenvalue weighted by Crippen LogP contribution is 2.19. The molecule has 0 fully saturated rings. The average molecular weight is 466 g/mol. The van der Waals surface area contributed by atoms with Gasteiger partial charge in [-0.1, -0.05) is 57.9 Å². The molecule has 2 amide bonds. The zero-order valence-electron chi connectivity index (χ0n) is 16.6. The Morgan fingerprint density at radius 3 is 2.29 bits per heavy atom. The van der Waals surface area contributed by atoms with Crippen LogP contribution in [0.15, 0.2) is 53.0 Å². The Hall–Kier alpha value is -1.85. The SMILES string of the molecule is C[C@@H](C(=O)NC(C)(C)C)N(Cc1ccc(Br)cc1)C(=O)Cc1ccccc1Cl. The van der Waals surface area contributed by atoms with Gasteiger partial charge in [0.05, 0.1) is 6.42 Å². The predicted molar refractivity (Wildman–Crippen MR) is 117 cm³/mol. The van der Waals surface area contributed by atoms with E-state index in [4.69, 9.17) is 11.6 Å². The van der Waals surface area contributed by atoms with Crippen LogP contribution in [0.4, 0.5) is 0 Å². The lowest BCUT2D eigenvalue weighted by Crippen LogP contribution is -2.52. The Morgan fingerprint density at radius 1 is 1.11 bits per heavy atom. The number of hydrogen-bond acceptors (Lipinski definition) is 2. The Morgan fingerprint density at radius 2 is 1.71 bits per heavy atom. The molecule has 1 N–H and O–H groups in total. The molecule has 0 aliphatic carbocycles. The maximum atomic E-state index is 13.1. The maximum Gasteiger partial charge on any atom is 0.242 e. The van der Waals surface area contributed by atoms with Crippen molar-refractivity contribution in [3.8, 4) is 0 Å². The minimum atomic E-state index is -0.613. The average Bonchev–Trinajstić information content (AvgIpc) is 2.61. The smallest absolute Gasteiger partial charge is 0.242 e. The third-order valence-electron chi connectivity index (χ3n) is 4.23. The molecular weight excluding hydrogens is 440 g/mol. The van der Waals surface area contributed by atoms with Gasteiger partial charge in [-0.3, -0.25) is 9.59 Å².